The Hall–Kier alpha value is -2.84. The summed E-state index contributed by atoms with van der Waals surface area (Å²) >= 11 is 3.26. The van der Waals surface area contributed by atoms with Gasteiger partial charge in [-0.05, 0) is 67.1 Å². The third kappa shape index (κ3) is 4.71. The topological polar surface area (TPSA) is 95.5 Å². The number of amides is 1. The minimum Gasteiger partial charge on any atom is -0.506 e. The van der Waals surface area contributed by atoms with E-state index in [4.69, 9.17) is 0 Å². The monoisotopic (exact) mass is 460 g/mol. The average Bonchev–Trinajstić information content (AvgIpc) is 2.64. The zero-order valence-electron chi connectivity index (χ0n) is 14.8. The first-order valence-corrected chi connectivity index (χ1v) is 10.5. The molecule has 8 heteroatoms. The standard InChI is InChI=1S/C20H17BrN2O4S/c1-13-5-10-18(19(24)11-13)22-20(25)14-3-2-4-16(12-14)23-28(26,27)17-8-6-15(21)7-9-17/h2-12,23-24H,1H3,(H,22,25). The number of sulfonamides is 1. The second kappa shape index (κ2) is 8.04. The summed E-state index contributed by atoms with van der Waals surface area (Å²) in [5.41, 5.74) is 1.64. The Balaban J connectivity index is 1.79. The maximum absolute atomic E-state index is 12.5. The van der Waals surface area contributed by atoms with Crippen LogP contribution in [0.25, 0.3) is 0 Å². The molecular formula is C20H17BrN2O4S. The second-order valence-electron chi connectivity index (χ2n) is 6.11. The lowest BCUT2D eigenvalue weighted by Crippen LogP contribution is -2.15. The molecule has 0 heterocycles. The van der Waals surface area contributed by atoms with E-state index in [1.54, 1.807) is 48.5 Å². The van der Waals surface area contributed by atoms with Gasteiger partial charge in [-0.3, -0.25) is 9.52 Å². The van der Waals surface area contributed by atoms with Gasteiger partial charge < -0.3 is 10.4 Å². The lowest BCUT2D eigenvalue weighted by Gasteiger charge is -2.11. The summed E-state index contributed by atoms with van der Waals surface area (Å²) in [5, 5.41) is 12.5. The number of anilines is 2. The summed E-state index contributed by atoms with van der Waals surface area (Å²) in [6, 6.07) is 17.2. The molecule has 3 aromatic rings. The highest BCUT2D eigenvalue weighted by Crippen LogP contribution is 2.25. The molecule has 3 aromatic carbocycles. The quantitative estimate of drug-likeness (QED) is 0.487. The maximum atomic E-state index is 12.5. The maximum Gasteiger partial charge on any atom is 0.261 e. The molecular weight excluding hydrogens is 444 g/mol. The highest BCUT2D eigenvalue weighted by atomic mass is 79.9. The molecule has 0 aromatic heterocycles. The zero-order chi connectivity index (χ0) is 20.3. The summed E-state index contributed by atoms with van der Waals surface area (Å²) < 4.78 is 28.2. The van der Waals surface area contributed by atoms with Crippen LogP contribution >= 0.6 is 15.9 Å². The van der Waals surface area contributed by atoms with Crippen molar-refractivity contribution in [3.8, 4) is 5.75 Å². The SMILES string of the molecule is Cc1ccc(NC(=O)c2cccc(NS(=O)(=O)c3ccc(Br)cc3)c2)c(O)c1. The first kappa shape index (κ1) is 19.9. The third-order valence-electron chi connectivity index (χ3n) is 3.90. The van der Waals surface area contributed by atoms with Gasteiger partial charge in [0.2, 0.25) is 0 Å². The van der Waals surface area contributed by atoms with Crippen molar-refractivity contribution in [2.45, 2.75) is 11.8 Å². The van der Waals surface area contributed by atoms with Crippen molar-refractivity contribution in [3.05, 3.63) is 82.3 Å². The average molecular weight is 461 g/mol. The van der Waals surface area contributed by atoms with Crippen LogP contribution in [0.1, 0.15) is 15.9 Å². The van der Waals surface area contributed by atoms with E-state index in [1.807, 2.05) is 6.92 Å². The first-order valence-electron chi connectivity index (χ1n) is 8.24. The number of rotatable bonds is 5. The van der Waals surface area contributed by atoms with Gasteiger partial charge in [0.15, 0.2) is 0 Å². The van der Waals surface area contributed by atoms with Crippen molar-refractivity contribution in [3.63, 3.8) is 0 Å². The molecule has 1 amide bonds. The van der Waals surface area contributed by atoms with Crippen molar-refractivity contribution >= 4 is 43.2 Å². The molecule has 144 valence electrons. The number of phenols is 1. The second-order valence-corrected chi connectivity index (χ2v) is 8.71. The number of benzene rings is 3. The van der Waals surface area contributed by atoms with Gasteiger partial charge >= 0.3 is 0 Å². The zero-order valence-corrected chi connectivity index (χ0v) is 17.2. The van der Waals surface area contributed by atoms with E-state index in [0.29, 0.717) is 0 Å². The molecule has 0 atom stereocenters. The van der Waals surface area contributed by atoms with Crippen LogP contribution in [0.2, 0.25) is 0 Å². The Bertz CT molecular complexity index is 1130. The lowest BCUT2D eigenvalue weighted by molar-refractivity contribution is 0.102. The number of hydrogen-bond donors (Lipinski definition) is 3. The summed E-state index contributed by atoms with van der Waals surface area (Å²) in [4.78, 5) is 12.6. The van der Waals surface area contributed by atoms with E-state index < -0.39 is 15.9 Å². The highest BCUT2D eigenvalue weighted by Gasteiger charge is 2.15. The van der Waals surface area contributed by atoms with Crippen LogP contribution in [-0.2, 0) is 10.0 Å². The van der Waals surface area contributed by atoms with Crippen molar-refractivity contribution in [1.29, 1.82) is 0 Å². The van der Waals surface area contributed by atoms with E-state index in [2.05, 4.69) is 26.0 Å². The van der Waals surface area contributed by atoms with Crippen molar-refractivity contribution in [2.75, 3.05) is 10.0 Å². The predicted molar refractivity (Wildman–Crippen MR) is 112 cm³/mol. The predicted octanol–water partition coefficient (Wildman–Crippen LogP) is 4.52. The molecule has 0 aliphatic carbocycles. The summed E-state index contributed by atoms with van der Waals surface area (Å²) in [6.07, 6.45) is 0. The van der Waals surface area contributed by atoms with Crippen LogP contribution in [0, 0.1) is 6.92 Å². The fourth-order valence-electron chi connectivity index (χ4n) is 2.49. The number of phenolic OH excluding ortho intramolecular Hbond substituents is 1. The number of aromatic hydroxyl groups is 1. The van der Waals surface area contributed by atoms with Crippen LogP contribution in [-0.4, -0.2) is 19.4 Å². The third-order valence-corrected chi connectivity index (χ3v) is 5.83. The minimum absolute atomic E-state index is 0.0413. The summed E-state index contributed by atoms with van der Waals surface area (Å²) in [6.45, 7) is 1.83. The van der Waals surface area contributed by atoms with Crippen molar-refractivity contribution in [2.24, 2.45) is 0 Å². The van der Waals surface area contributed by atoms with Gasteiger partial charge in [0.25, 0.3) is 15.9 Å². The van der Waals surface area contributed by atoms with Gasteiger partial charge in [0.1, 0.15) is 5.75 Å². The van der Waals surface area contributed by atoms with Gasteiger partial charge in [-0.1, -0.05) is 28.1 Å². The molecule has 0 unspecified atom stereocenters. The van der Waals surface area contributed by atoms with Gasteiger partial charge in [-0.15, -0.1) is 0 Å². The fourth-order valence-corrected chi connectivity index (χ4v) is 3.81. The molecule has 28 heavy (non-hydrogen) atoms. The molecule has 0 fully saturated rings. The number of carbonyl (C=O) groups is 1. The highest BCUT2D eigenvalue weighted by molar-refractivity contribution is 9.10. The van der Waals surface area contributed by atoms with Gasteiger partial charge in [-0.25, -0.2) is 8.42 Å². The van der Waals surface area contributed by atoms with Crippen LogP contribution in [0.3, 0.4) is 0 Å². The Morgan fingerprint density at radius 2 is 1.71 bits per heavy atom. The Kier molecular flexibility index (Phi) is 5.71. The van der Waals surface area contributed by atoms with Gasteiger partial charge in [-0.2, -0.15) is 0 Å². The number of aryl methyl sites for hydroxylation is 1. The molecule has 0 aliphatic rings. The van der Waals surface area contributed by atoms with Crippen LogP contribution in [0.5, 0.6) is 5.75 Å². The van der Waals surface area contributed by atoms with Crippen molar-refractivity contribution < 1.29 is 18.3 Å². The molecule has 0 saturated heterocycles. The van der Waals surface area contributed by atoms with E-state index in [0.717, 1.165) is 10.0 Å². The largest absolute Gasteiger partial charge is 0.506 e. The van der Waals surface area contributed by atoms with E-state index in [1.165, 1.54) is 18.2 Å². The number of halogens is 1. The summed E-state index contributed by atoms with van der Waals surface area (Å²) in [7, 11) is -3.79. The minimum atomic E-state index is -3.79. The van der Waals surface area contributed by atoms with Crippen LogP contribution < -0.4 is 10.0 Å². The molecule has 0 radical (unpaired) electrons. The Labute approximate surface area is 171 Å². The van der Waals surface area contributed by atoms with Crippen LogP contribution in [0.15, 0.2) is 76.1 Å². The van der Waals surface area contributed by atoms with Gasteiger partial charge in [0, 0.05) is 15.7 Å². The van der Waals surface area contributed by atoms with E-state index in [9.17, 15) is 18.3 Å². The number of hydrogen-bond acceptors (Lipinski definition) is 4. The lowest BCUT2D eigenvalue weighted by atomic mass is 10.1. The molecule has 3 N–H and O–H groups in total. The molecule has 0 aliphatic heterocycles. The first-order chi connectivity index (χ1) is 13.2. The van der Waals surface area contributed by atoms with Crippen molar-refractivity contribution in [1.82, 2.24) is 0 Å². The molecule has 0 bridgehead atoms. The number of nitrogens with one attached hydrogen (secondary N) is 2. The molecule has 3 rings (SSSR count). The molecule has 0 spiro atoms. The number of carbonyl (C=O) groups excluding carboxylic acids is 1. The van der Waals surface area contributed by atoms with E-state index >= 15 is 0 Å². The normalized spacial score (nSPS) is 11.1. The Morgan fingerprint density at radius 1 is 1.00 bits per heavy atom. The Morgan fingerprint density at radius 3 is 2.39 bits per heavy atom. The fraction of sp³-hybridized carbons (Fsp3) is 0.0500. The van der Waals surface area contributed by atoms with Crippen LogP contribution in [0.4, 0.5) is 11.4 Å². The summed E-state index contributed by atoms with van der Waals surface area (Å²) in [5.74, 6) is -0.510. The van der Waals surface area contributed by atoms with E-state index in [-0.39, 0.29) is 27.6 Å². The smallest absolute Gasteiger partial charge is 0.261 e. The van der Waals surface area contributed by atoms with Gasteiger partial charge in [0.05, 0.1) is 10.6 Å². The molecule has 6 nitrogen and oxygen atoms in total. The molecule has 0 saturated carbocycles.